The molecule has 0 aliphatic heterocycles. The Hall–Kier alpha value is -4.17. The van der Waals surface area contributed by atoms with Crippen LogP contribution in [-0.4, -0.2) is 20.6 Å². The van der Waals surface area contributed by atoms with Crippen molar-refractivity contribution in [1.29, 1.82) is 5.26 Å². The first-order valence-electron chi connectivity index (χ1n) is 12.0. The van der Waals surface area contributed by atoms with Crippen LogP contribution in [0.1, 0.15) is 62.9 Å². The minimum atomic E-state index is -0.929. The number of hydrogen-bond donors (Lipinski definition) is 1. The highest BCUT2D eigenvalue weighted by atomic mass is 16.4. The second-order valence-corrected chi connectivity index (χ2v) is 9.17. The van der Waals surface area contributed by atoms with Crippen molar-refractivity contribution in [1.82, 2.24) is 9.55 Å². The smallest absolute Gasteiger partial charge is 0.335 e. The van der Waals surface area contributed by atoms with Gasteiger partial charge in [-0.2, -0.15) is 5.26 Å². The van der Waals surface area contributed by atoms with E-state index in [0.29, 0.717) is 6.54 Å². The average Bonchev–Trinajstić information content (AvgIpc) is 3.11. The molecule has 0 atom stereocenters. The molecule has 0 spiro atoms. The number of allylic oxidation sites excluding steroid dienone is 1. The monoisotopic (exact) mass is 461 g/mol. The topological polar surface area (TPSA) is 78.9 Å². The molecule has 0 bridgehead atoms. The largest absolute Gasteiger partial charge is 0.478 e. The molecule has 5 heteroatoms. The van der Waals surface area contributed by atoms with E-state index in [0.717, 1.165) is 70.4 Å². The summed E-state index contributed by atoms with van der Waals surface area (Å²) in [5.74, 6) is 0.0433. The number of aryl methyl sites for hydroxylation is 4. The van der Waals surface area contributed by atoms with Crippen molar-refractivity contribution in [3.63, 3.8) is 0 Å². The minimum absolute atomic E-state index is 0.283. The van der Waals surface area contributed by atoms with Crippen molar-refractivity contribution in [3.8, 4) is 6.07 Å². The molecule has 5 rings (SSSR count). The number of fused-ring (bicyclic) bond motifs is 3. The van der Waals surface area contributed by atoms with Gasteiger partial charge in [0.05, 0.1) is 22.7 Å². The fraction of sp³-hybridized carbons (Fsp3) is 0.233. The number of aromatic carboxylic acids is 1. The number of carboxylic acids is 1. The molecule has 3 aromatic carbocycles. The van der Waals surface area contributed by atoms with Crippen molar-refractivity contribution in [3.05, 3.63) is 105 Å². The first-order chi connectivity index (χ1) is 17.0. The van der Waals surface area contributed by atoms with Crippen LogP contribution in [-0.2, 0) is 25.8 Å². The van der Waals surface area contributed by atoms with E-state index < -0.39 is 5.97 Å². The molecule has 0 unspecified atom stereocenters. The van der Waals surface area contributed by atoms with Gasteiger partial charge in [-0.05, 0) is 77.3 Å². The zero-order valence-corrected chi connectivity index (χ0v) is 20.0. The summed E-state index contributed by atoms with van der Waals surface area (Å²) in [6.45, 7) is 4.67. The number of nitrogens with zero attached hydrogens (tertiary/aromatic N) is 3. The summed E-state index contributed by atoms with van der Waals surface area (Å²) in [6.07, 6.45) is 5.26. The molecule has 5 nitrogen and oxygen atoms in total. The van der Waals surface area contributed by atoms with Crippen LogP contribution in [0.3, 0.4) is 0 Å². The van der Waals surface area contributed by atoms with Crippen LogP contribution in [0.4, 0.5) is 0 Å². The van der Waals surface area contributed by atoms with Crippen molar-refractivity contribution in [2.45, 2.75) is 46.1 Å². The standard InChI is InChI=1S/C30H27N3O2/c1-3-6-28-32-29-19(2)15-23(30(34)35)17-27(29)33(28)18-20-9-12-25-22(16-20)11-10-21-7-4-5-8-24(21)26(25)13-14-31/h4-5,7-9,12-13,15-17H,3,6,10-11,18H2,1-2H3,(H,34,35). The van der Waals surface area contributed by atoms with Gasteiger partial charge in [0.2, 0.25) is 0 Å². The van der Waals surface area contributed by atoms with E-state index in [1.807, 2.05) is 13.0 Å². The summed E-state index contributed by atoms with van der Waals surface area (Å²) in [7, 11) is 0. The summed E-state index contributed by atoms with van der Waals surface area (Å²) in [4.78, 5) is 16.6. The summed E-state index contributed by atoms with van der Waals surface area (Å²) in [5.41, 5.74) is 9.72. The van der Waals surface area contributed by atoms with Gasteiger partial charge in [0.1, 0.15) is 5.82 Å². The van der Waals surface area contributed by atoms with Crippen LogP contribution in [0.2, 0.25) is 0 Å². The third-order valence-electron chi connectivity index (χ3n) is 6.82. The highest BCUT2D eigenvalue weighted by Crippen LogP contribution is 2.34. The normalized spacial score (nSPS) is 13.8. The summed E-state index contributed by atoms with van der Waals surface area (Å²) >= 11 is 0. The van der Waals surface area contributed by atoms with Gasteiger partial charge in [-0.15, -0.1) is 0 Å². The van der Waals surface area contributed by atoms with Gasteiger partial charge in [0.15, 0.2) is 0 Å². The zero-order valence-electron chi connectivity index (χ0n) is 20.0. The predicted molar refractivity (Wildman–Crippen MR) is 138 cm³/mol. The Kier molecular flexibility index (Phi) is 5.96. The number of carboxylic acid groups (broad SMARTS) is 1. The molecule has 174 valence electrons. The van der Waals surface area contributed by atoms with Crippen LogP contribution in [0, 0.1) is 18.3 Å². The van der Waals surface area contributed by atoms with Gasteiger partial charge >= 0.3 is 5.97 Å². The fourth-order valence-electron chi connectivity index (χ4n) is 5.19. The highest BCUT2D eigenvalue weighted by molar-refractivity contribution is 5.94. The van der Waals surface area contributed by atoms with Gasteiger partial charge in [0.25, 0.3) is 0 Å². The van der Waals surface area contributed by atoms with Crippen LogP contribution in [0.25, 0.3) is 16.6 Å². The van der Waals surface area contributed by atoms with E-state index in [4.69, 9.17) is 4.98 Å². The van der Waals surface area contributed by atoms with Gasteiger partial charge < -0.3 is 9.67 Å². The van der Waals surface area contributed by atoms with Crippen LogP contribution < -0.4 is 0 Å². The number of hydrogen-bond acceptors (Lipinski definition) is 3. The second-order valence-electron chi connectivity index (χ2n) is 9.17. The molecule has 0 saturated carbocycles. The third kappa shape index (κ3) is 4.13. The molecule has 0 fully saturated rings. The third-order valence-corrected chi connectivity index (χ3v) is 6.82. The predicted octanol–water partition coefficient (Wildman–Crippen LogP) is 6.10. The van der Waals surface area contributed by atoms with E-state index in [9.17, 15) is 15.2 Å². The van der Waals surface area contributed by atoms with Crippen molar-refractivity contribution < 1.29 is 9.90 Å². The first-order valence-corrected chi connectivity index (χ1v) is 12.0. The fourth-order valence-corrected chi connectivity index (χ4v) is 5.19. The van der Waals surface area contributed by atoms with Crippen LogP contribution in [0.15, 0.2) is 60.7 Å². The highest BCUT2D eigenvalue weighted by Gasteiger charge is 2.20. The molecular weight excluding hydrogens is 434 g/mol. The number of benzene rings is 3. The Morgan fingerprint density at radius 3 is 2.66 bits per heavy atom. The number of nitriles is 1. The average molecular weight is 462 g/mol. The molecule has 1 N–H and O–H groups in total. The van der Waals surface area contributed by atoms with Gasteiger partial charge in [-0.1, -0.05) is 49.4 Å². The summed E-state index contributed by atoms with van der Waals surface area (Å²) < 4.78 is 2.16. The Morgan fingerprint density at radius 1 is 1.11 bits per heavy atom. The Balaban J connectivity index is 1.60. The van der Waals surface area contributed by atoms with E-state index in [1.54, 1.807) is 18.2 Å². The van der Waals surface area contributed by atoms with Gasteiger partial charge in [-0.25, -0.2) is 9.78 Å². The quantitative estimate of drug-likeness (QED) is 0.364. The minimum Gasteiger partial charge on any atom is -0.478 e. The molecule has 1 aliphatic rings. The molecule has 0 saturated heterocycles. The Bertz CT molecular complexity index is 1540. The van der Waals surface area contributed by atoms with Gasteiger partial charge in [0, 0.05) is 19.0 Å². The van der Waals surface area contributed by atoms with E-state index in [1.165, 1.54) is 11.1 Å². The van der Waals surface area contributed by atoms with Gasteiger partial charge in [-0.3, -0.25) is 0 Å². The van der Waals surface area contributed by atoms with Crippen molar-refractivity contribution in [2.75, 3.05) is 0 Å². The number of aromatic nitrogens is 2. The summed E-state index contributed by atoms with van der Waals surface area (Å²) in [6, 6.07) is 20.5. The molecule has 35 heavy (non-hydrogen) atoms. The Morgan fingerprint density at radius 2 is 1.89 bits per heavy atom. The second kappa shape index (κ2) is 9.23. The molecule has 1 aliphatic carbocycles. The zero-order chi connectivity index (χ0) is 24.5. The summed E-state index contributed by atoms with van der Waals surface area (Å²) in [5, 5.41) is 19.1. The molecule has 1 aromatic heterocycles. The molecule has 1 heterocycles. The maximum atomic E-state index is 11.7. The lowest BCUT2D eigenvalue weighted by Crippen LogP contribution is -2.07. The number of imidazole rings is 1. The molecule has 4 aromatic rings. The Labute approximate surface area is 205 Å². The maximum absolute atomic E-state index is 11.7. The maximum Gasteiger partial charge on any atom is 0.335 e. The first kappa shape index (κ1) is 22.6. The van der Waals surface area contributed by atoms with Crippen molar-refractivity contribution >= 4 is 22.6 Å². The van der Waals surface area contributed by atoms with E-state index in [-0.39, 0.29) is 5.56 Å². The molecular formula is C30H27N3O2. The molecule has 0 amide bonds. The lowest BCUT2D eigenvalue weighted by atomic mass is 9.93. The van der Waals surface area contributed by atoms with E-state index >= 15 is 0 Å². The number of rotatable bonds is 5. The SMILES string of the molecule is CCCc1nc2c(C)cc(C(=O)O)cc2n1Cc1ccc2c(c1)CCc1ccccc1C2=CC#N. The van der Waals surface area contributed by atoms with Crippen LogP contribution >= 0.6 is 0 Å². The number of carbonyl (C=O) groups is 1. The lowest BCUT2D eigenvalue weighted by molar-refractivity contribution is 0.0697. The van der Waals surface area contributed by atoms with Crippen molar-refractivity contribution in [2.24, 2.45) is 0 Å². The van der Waals surface area contributed by atoms with E-state index in [2.05, 4.69) is 54.0 Å². The molecule has 0 radical (unpaired) electrons. The lowest BCUT2D eigenvalue weighted by Gasteiger charge is -2.14. The van der Waals surface area contributed by atoms with Crippen LogP contribution in [0.5, 0.6) is 0 Å².